The van der Waals surface area contributed by atoms with E-state index in [0.29, 0.717) is 0 Å². The maximum absolute atomic E-state index is 12.8. The minimum absolute atomic E-state index is 0.0149. The number of thioether (sulfide) groups is 1. The zero-order chi connectivity index (χ0) is 13.7. The van der Waals surface area contributed by atoms with E-state index in [-0.39, 0.29) is 23.5 Å². The van der Waals surface area contributed by atoms with Gasteiger partial charge in [0.25, 0.3) is 5.91 Å². The first-order valence-electron chi connectivity index (χ1n) is 5.42. The van der Waals surface area contributed by atoms with Crippen molar-refractivity contribution in [2.24, 2.45) is 0 Å². The van der Waals surface area contributed by atoms with Crippen molar-refractivity contribution in [3.05, 3.63) is 29.6 Å². The summed E-state index contributed by atoms with van der Waals surface area (Å²) >= 11 is 1.43. The number of nitrogens with one attached hydrogen (secondary N) is 1. The molecule has 0 fully saturated rings. The van der Waals surface area contributed by atoms with Crippen molar-refractivity contribution in [3.63, 3.8) is 0 Å². The second-order valence-corrected chi connectivity index (χ2v) is 4.96. The van der Waals surface area contributed by atoms with E-state index in [1.54, 1.807) is 6.92 Å². The summed E-state index contributed by atoms with van der Waals surface area (Å²) in [7, 11) is 0. The lowest BCUT2D eigenvalue weighted by molar-refractivity contribution is 0.0933. The van der Waals surface area contributed by atoms with Gasteiger partial charge in [-0.25, -0.2) is 4.39 Å². The molecule has 0 saturated carbocycles. The van der Waals surface area contributed by atoms with Gasteiger partial charge in [-0.05, 0) is 25.3 Å². The Balaban J connectivity index is 2.76. The number of halogens is 1. The summed E-state index contributed by atoms with van der Waals surface area (Å²) in [6, 6.07) is 2.96. The number of phenolic OH excluding ortho intramolecular Hbond substituents is 1. The average Bonchev–Trinajstić information content (AvgIpc) is 2.30. The topological polar surface area (TPSA) is 69.6 Å². The van der Waals surface area contributed by atoms with Gasteiger partial charge >= 0.3 is 0 Å². The van der Waals surface area contributed by atoms with Gasteiger partial charge in [0.2, 0.25) is 0 Å². The van der Waals surface area contributed by atoms with Gasteiger partial charge in [-0.1, -0.05) is 0 Å². The molecule has 1 rings (SSSR count). The second kappa shape index (κ2) is 6.61. The number of amides is 1. The molecular formula is C12H16FNO3S. The van der Waals surface area contributed by atoms with E-state index >= 15 is 0 Å². The molecule has 4 nitrogen and oxygen atoms in total. The zero-order valence-electron chi connectivity index (χ0n) is 10.2. The Bertz CT molecular complexity index is 424. The van der Waals surface area contributed by atoms with Crippen molar-refractivity contribution >= 4 is 17.7 Å². The van der Waals surface area contributed by atoms with E-state index in [1.165, 1.54) is 17.8 Å². The quantitative estimate of drug-likeness (QED) is 0.758. The van der Waals surface area contributed by atoms with Crippen molar-refractivity contribution in [2.75, 3.05) is 12.9 Å². The monoisotopic (exact) mass is 273 g/mol. The van der Waals surface area contributed by atoms with E-state index < -0.39 is 17.5 Å². The van der Waals surface area contributed by atoms with E-state index in [4.69, 9.17) is 5.11 Å². The molecule has 3 N–H and O–H groups in total. The molecule has 100 valence electrons. The van der Waals surface area contributed by atoms with Crippen LogP contribution in [-0.2, 0) is 0 Å². The van der Waals surface area contributed by atoms with Gasteiger partial charge in [0.05, 0.1) is 12.2 Å². The molecule has 2 atom stereocenters. The van der Waals surface area contributed by atoms with Crippen LogP contribution in [0.2, 0.25) is 0 Å². The highest BCUT2D eigenvalue weighted by molar-refractivity contribution is 7.99. The average molecular weight is 273 g/mol. The fourth-order valence-corrected chi connectivity index (χ4v) is 2.14. The molecule has 6 heteroatoms. The highest BCUT2D eigenvalue weighted by atomic mass is 32.2. The summed E-state index contributed by atoms with van der Waals surface area (Å²) in [4.78, 5) is 11.8. The number of carbonyl (C=O) groups is 1. The number of rotatable bonds is 5. The molecule has 1 amide bonds. The SMILES string of the molecule is CSC(CO)C(C)NC(=O)c1ccc(F)cc1O. The molecule has 0 spiro atoms. The number of carbonyl (C=O) groups excluding carboxylic acids is 1. The molecule has 1 aromatic rings. The molecule has 1 aromatic carbocycles. The third-order valence-electron chi connectivity index (χ3n) is 2.60. The van der Waals surface area contributed by atoms with Crippen LogP contribution >= 0.6 is 11.8 Å². The third kappa shape index (κ3) is 3.61. The van der Waals surface area contributed by atoms with Crippen molar-refractivity contribution in [2.45, 2.75) is 18.2 Å². The van der Waals surface area contributed by atoms with Gasteiger partial charge in [-0.15, -0.1) is 0 Å². The Morgan fingerprint density at radius 3 is 2.72 bits per heavy atom. The van der Waals surface area contributed by atoms with Crippen LogP contribution in [0.3, 0.4) is 0 Å². The first kappa shape index (κ1) is 14.8. The maximum atomic E-state index is 12.8. The largest absolute Gasteiger partial charge is 0.507 e. The fraction of sp³-hybridized carbons (Fsp3) is 0.417. The lowest BCUT2D eigenvalue weighted by Gasteiger charge is -2.21. The van der Waals surface area contributed by atoms with E-state index in [9.17, 15) is 14.3 Å². The Kier molecular flexibility index (Phi) is 5.43. The van der Waals surface area contributed by atoms with Gasteiger partial charge in [0.1, 0.15) is 11.6 Å². The molecule has 0 aliphatic rings. The lowest BCUT2D eigenvalue weighted by Crippen LogP contribution is -2.41. The number of benzene rings is 1. The summed E-state index contributed by atoms with van der Waals surface area (Å²) in [6.07, 6.45) is 1.83. The first-order chi connectivity index (χ1) is 8.49. The predicted octanol–water partition coefficient (Wildman–Crippen LogP) is 1.37. The van der Waals surface area contributed by atoms with Crippen LogP contribution in [0.5, 0.6) is 5.75 Å². The van der Waals surface area contributed by atoms with Crippen molar-refractivity contribution in [1.82, 2.24) is 5.32 Å². The Labute approximate surface area is 109 Å². The van der Waals surface area contributed by atoms with Gasteiger partial charge < -0.3 is 15.5 Å². The van der Waals surface area contributed by atoms with E-state index in [2.05, 4.69) is 5.32 Å². The molecular weight excluding hydrogens is 257 g/mol. The summed E-state index contributed by atoms with van der Waals surface area (Å²) in [5.74, 6) is -1.49. The van der Waals surface area contributed by atoms with Crippen LogP contribution < -0.4 is 5.32 Å². The normalized spacial score (nSPS) is 14.0. The van der Waals surface area contributed by atoms with Crippen molar-refractivity contribution < 1.29 is 19.4 Å². The number of phenols is 1. The highest BCUT2D eigenvalue weighted by Crippen LogP contribution is 2.18. The van der Waals surface area contributed by atoms with Crippen LogP contribution in [0.1, 0.15) is 17.3 Å². The summed E-state index contributed by atoms with van der Waals surface area (Å²) in [6.45, 7) is 1.70. The van der Waals surface area contributed by atoms with Gasteiger partial charge in [0.15, 0.2) is 0 Å². The maximum Gasteiger partial charge on any atom is 0.255 e. The summed E-state index contributed by atoms with van der Waals surface area (Å²) in [5, 5.41) is 21.1. The zero-order valence-corrected chi connectivity index (χ0v) is 11.0. The third-order valence-corrected chi connectivity index (χ3v) is 3.77. The molecule has 18 heavy (non-hydrogen) atoms. The minimum Gasteiger partial charge on any atom is -0.507 e. The number of hydrogen-bond donors (Lipinski definition) is 3. The van der Waals surface area contributed by atoms with Crippen LogP contribution in [0.25, 0.3) is 0 Å². The Morgan fingerprint density at radius 2 is 2.22 bits per heavy atom. The number of aliphatic hydroxyl groups is 1. The molecule has 2 unspecified atom stereocenters. The van der Waals surface area contributed by atoms with Gasteiger partial charge in [0, 0.05) is 17.4 Å². The molecule has 0 bridgehead atoms. The van der Waals surface area contributed by atoms with Crippen molar-refractivity contribution in [1.29, 1.82) is 0 Å². The van der Waals surface area contributed by atoms with Crippen LogP contribution in [0, 0.1) is 5.82 Å². The smallest absolute Gasteiger partial charge is 0.255 e. The van der Waals surface area contributed by atoms with Gasteiger partial charge in [-0.2, -0.15) is 11.8 Å². The van der Waals surface area contributed by atoms with E-state index in [1.807, 2.05) is 6.26 Å². The molecule has 0 heterocycles. The standard InChI is InChI=1S/C12H16FNO3S/c1-7(11(6-15)18-2)14-12(17)9-4-3-8(13)5-10(9)16/h3-5,7,11,15-16H,6H2,1-2H3,(H,14,17). The van der Waals surface area contributed by atoms with Crippen LogP contribution in [-0.4, -0.2) is 40.3 Å². The van der Waals surface area contributed by atoms with Gasteiger partial charge in [-0.3, -0.25) is 4.79 Å². The molecule has 0 aliphatic heterocycles. The highest BCUT2D eigenvalue weighted by Gasteiger charge is 2.19. The summed E-state index contributed by atoms with van der Waals surface area (Å²) < 4.78 is 12.8. The lowest BCUT2D eigenvalue weighted by atomic mass is 10.1. The van der Waals surface area contributed by atoms with E-state index in [0.717, 1.165) is 12.1 Å². The molecule has 0 saturated heterocycles. The first-order valence-corrected chi connectivity index (χ1v) is 6.71. The molecule has 0 aromatic heterocycles. The van der Waals surface area contributed by atoms with Crippen LogP contribution in [0.15, 0.2) is 18.2 Å². The Morgan fingerprint density at radius 1 is 1.56 bits per heavy atom. The second-order valence-electron chi connectivity index (χ2n) is 3.88. The summed E-state index contributed by atoms with van der Waals surface area (Å²) in [5.41, 5.74) is 0.0149. The number of hydrogen-bond acceptors (Lipinski definition) is 4. The number of aliphatic hydroxyl groups excluding tert-OH is 1. The van der Waals surface area contributed by atoms with Crippen molar-refractivity contribution in [3.8, 4) is 5.75 Å². The minimum atomic E-state index is -0.602. The Hall–Kier alpha value is -1.27. The fourth-order valence-electron chi connectivity index (χ4n) is 1.51. The number of aromatic hydroxyl groups is 1. The molecule has 0 aliphatic carbocycles. The molecule has 0 radical (unpaired) electrons. The van der Waals surface area contributed by atoms with Crippen LogP contribution in [0.4, 0.5) is 4.39 Å². The predicted molar refractivity (Wildman–Crippen MR) is 69.4 cm³/mol.